The fourth-order valence-corrected chi connectivity index (χ4v) is 0. The molecule has 98 valence electrons. The summed E-state index contributed by atoms with van der Waals surface area (Å²) in [6.45, 7) is 0. The molecule has 0 spiro atoms. The van der Waals surface area contributed by atoms with Crippen molar-refractivity contribution < 1.29 is 126 Å². The van der Waals surface area contributed by atoms with Gasteiger partial charge in [0.1, 0.15) is 0 Å². The molecule has 0 aromatic rings. The molecule has 0 N–H and O–H groups in total. The Morgan fingerprint density at radius 3 is 0.188 bits per heavy atom. The summed E-state index contributed by atoms with van der Waals surface area (Å²) in [5.41, 5.74) is 0. The van der Waals surface area contributed by atoms with Gasteiger partial charge in [-0.05, 0) is 0 Å². The molecule has 0 rings (SSSR count). The summed E-state index contributed by atoms with van der Waals surface area (Å²) in [6, 6.07) is 0. The van der Waals surface area contributed by atoms with E-state index in [0.29, 0.717) is 0 Å². The third-order valence-corrected chi connectivity index (χ3v) is 0. The average molecular weight is 1010 g/mol. The topological polar surface area (TPSA) is 305 Å². The van der Waals surface area contributed by atoms with Crippen LogP contribution in [0.1, 0.15) is 0 Å². The molecule has 0 aliphatic carbocycles. The molecule has 16 heavy (non-hydrogen) atoms. The summed E-state index contributed by atoms with van der Waals surface area (Å²) in [4.78, 5) is 0. The Morgan fingerprint density at radius 1 is 0.188 bits per heavy atom. The first-order valence-corrected chi connectivity index (χ1v) is 0. The van der Waals surface area contributed by atoms with Crippen LogP contribution in [0.15, 0.2) is 0 Å². The van der Waals surface area contributed by atoms with E-state index in [2.05, 4.69) is 0 Å². The summed E-state index contributed by atoms with van der Waals surface area (Å²) in [5, 5.41) is 0. The predicted octanol–water partition coefficient (Wildman–Crippen LogP) is 2.87. The summed E-state index contributed by atoms with van der Waals surface area (Å²) in [6.07, 6.45) is 0. The van der Waals surface area contributed by atoms with E-state index in [1.807, 2.05) is 0 Å². The normalized spacial score (nSPS) is 0. The Hall–Kier alpha value is 3.73. The van der Waals surface area contributed by atoms with E-state index in [-0.39, 0.29) is 188 Å². The van der Waals surface area contributed by atoms with Gasteiger partial charge in [0.25, 0.3) is 0 Å². The maximum Gasteiger partial charge on any atom is 6.00 e. The molecule has 0 saturated carbocycles. The zero-order valence-electron chi connectivity index (χ0n) is 6.65. The smallest absolute Gasteiger partial charge is 3.00 e. The molecule has 0 fully saturated rings. The average Bonchev–Trinajstić information content (AvgIpc) is 0. The largest absolute Gasteiger partial charge is 6.00 e. The van der Waals surface area contributed by atoms with Gasteiger partial charge < -0.3 is 61.5 Å². The Morgan fingerprint density at radius 2 is 0.188 bits per heavy atom. The molecule has 16 heteroatoms. The maximum atomic E-state index is 0. The summed E-state index contributed by atoms with van der Waals surface area (Å²) < 4.78 is 0. The van der Waals surface area contributed by atoms with Crippen molar-refractivity contribution in [3.63, 3.8) is 0 Å². The van der Waals surface area contributed by atoms with Gasteiger partial charge in [0.2, 0.25) is 0 Å². The minimum atomic E-state index is 0. The quantitative estimate of drug-likeness (QED) is 0.316. The molecule has 0 atom stereocenters. The first kappa shape index (κ1) is 498. The van der Waals surface area contributed by atoms with Gasteiger partial charge >= 0.3 is 126 Å². The van der Waals surface area contributed by atoms with Gasteiger partial charge in [0.15, 0.2) is 0 Å². The number of nitrogens with zero attached hydrogens (tertiary/aromatic N) is 10. The molecular formula is Mo3N10Pt3. The third kappa shape index (κ3) is 357. The summed E-state index contributed by atoms with van der Waals surface area (Å²) in [7, 11) is 0. The van der Waals surface area contributed by atoms with Crippen molar-refractivity contribution in [3.05, 3.63) is 61.5 Å². The summed E-state index contributed by atoms with van der Waals surface area (Å²) >= 11 is 0. The second kappa shape index (κ2) is 423. The number of hydrogen-bond acceptors (Lipinski definition) is 0. The van der Waals surface area contributed by atoms with Crippen LogP contribution >= 0.6 is 0 Å². The molecule has 0 amide bonds. The Labute approximate surface area is 185 Å². The van der Waals surface area contributed by atoms with E-state index in [1.54, 1.807) is 0 Å². The van der Waals surface area contributed by atoms with Crippen LogP contribution in [0, 0.1) is 0 Å². The molecule has 0 aromatic heterocycles. The van der Waals surface area contributed by atoms with Crippen LogP contribution in [0.5, 0.6) is 0 Å². The Bertz CT molecular complexity index is 21.3. The van der Waals surface area contributed by atoms with Crippen molar-refractivity contribution >= 4 is 0 Å². The molecule has 0 heterocycles. The van der Waals surface area contributed by atoms with Gasteiger partial charge in [0, 0.05) is 0 Å². The Kier molecular flexibility index (Phi) is 13200. The first-order valence-electron chi connectivity index (χ1n) is 0. The third-order valence-electron chi connectivity index (χ3n) is 0. The van der Waals surface area contributed by atoms with Gasteiger partial charge in [-0.1, -0.05) is 0 Å². The summed E-state index contributed by atoms with van der Waals surface area (Å²) in [5.74, 6) is 0. The van der Waals surface area contributed by atoms with Crippen LogP contribution in [0.25, 0.3) is 61.5 Å². The van der Waals surface area contributed by atoms with Crippen LogP contribution in [-0.2, 0) is 126 Å². The maximum absolute atomic E-state index is 0. The van der Waals surface area contributed by atoms with Gasteiger partial charge in [-0.15, -0.1) is 0 Å². The fraction of sp³-hybridized carbons (Fsp3) is 0. The molecule has 0 saturated heterocycles. The van der Waals surface area contributed by atoms with E-state index in [0.717, 1.165) is 0 Å². The van der Waals surface area contributed by atoms with E-state index in [1.165, 1.54) is 0 Å². The standard InChI is InChI=1S/3Mo.10N.3Pt/q3*+6;10*-3;3*+4. The number of hydrogen-bond donors (Lipinski definition) is 0. The minimum absolute atomic E-state index is 0. The van der Waals surface area contributed by atoms with Gasteiger partial charge in [-0.25, -0.2) is 0 Å². The SMILES string of the molecule is [Mo+6].[Mo+6].[Mo+6].[N-3].[N-3].[N-3].[N-3].[N-3].[N-3].[N-3].[N-3].[N-3].[N-3].[Pt+4].[Pt+4].[Pt+4]. The van der Waals surface area contributed by atoms with Crippen molar-refractivity contribution in [1.82, 2.24) is 0 Å². The van der Waals surface area contributed by atoms with Crippen LogP contribution in [0.4, 0.5) is 0 Å². The second-order valence-electron chi connectivity index (χ2n) is 0. The monoisotopic (exact) mass is 1020 g/mol. The predicted molar refractivity (Wildman–Crippen MR) is 33.6 cm³/mol. The fourth-order valence-electron chi connectivity index (χ4n) is 0. The van der Waals surface area contributed by atoms with Gasteiger partial charge in [-0.3, -0.25) is 0 Å². The molecule has 0 aliphatic rings. The minimum Gasteiger partial charge on any atom is -3.00 e. The first-order chi connectivity index (χ1) is 0. The molecule has 0 unspecified atom stereocenters. The van der Waals surface area contributed by atoms with Crippen LogP contribution in [0.2, 0.25) is 0 Å². The van der Waals surface area contributed by atoms with Crippen molar-refractivity contribution in [1.29, 1.82) is 0 Å². The zero-order chi connectivity index (χ0) is 0. The van der Waals surface area contributed by atoms with Crippen LogP contribution in [0.3, 0.4) is 0 Å². The van der Waals surface area contributed by atoms with Crippen molar-refractivity contribution in [2.24, 2.45) is 0 Å². The number of rotatable bonds is 0. The van der Waals surface area contributed by atoms with Crippen LogP contribution in [-0.4, -0.2) is 0 Å². The van der Waals surface area contributed by atoms with E-state index in [4.69, 9.17) is 0 Å². The van der Waals surface area contributed by atoms with Crippen molar-refractivity contribution in [3.8, 4) is 0 Å². The van der Waals surface area contributed by atoms with Gasteiger partial charge in [-0.2, -0.15) is 0 Å². The van der Waals surface area contributed by atoms with E-state index >= 15 is 0 Å². The second-order valence-corrected chi connectivity index (χ2v) is 0. The van der Waals surface area contributed by atoms with Gasteiger partial charge in [0.05, 0.1) is 0 Å². The molecule has 0 radical (unpaired) electrons. The molecule has 0 bridgehead atoms. The molecule has 0 aliphatic heterocycles. The molecule has 10 nitrogen and oxygen atoms in total. The van der Waals surface area contributed by atoms with Crippen molar-refractivity contribution in [2.75, 3.05) is 0 Å². The van der Waals surface area contributed by atoms with Crippen LogP contribution < -0.4 is 0 Å². The molecular weight excluding hydrogens is 1010 g/mol. The van der Waals surface area contributed by atoms with E-state index in [9.17, 15) is 0 Å². The Balaban J connectivity index is 0. The van der Waals surface area contributed by atoms with Crippen molar-refractivity contribution in [2.45, 2.75) is 0 Å². The van der Waals surface area contributed by atoms with E-state index < -0.39 is 0 Å². The molecule has 0 aromatic carbocycles. The zero-order valence-corrected chi connectivity index (χ0v) is 19.5.